The first-order valence-electron chi connectivity index (χ1n) is 5.91. The minimum atomic E-state index is 0.636. The SMILES string of the molecule is CNC1CCC(N(C)c2nc(C)ns2)CC1. The molecule has 0 aromatic carbocycles. The van der Waals surface area contributed by atoms with E-state index in [9.17, 15) is 0 Å². The maximum atomic E-state index is 4.44. The molecule has 16 heavy (non-hydrogen) atoms. The van der Waals surface area contributed by atoms with Crippen molar-refractivity contribution in [3.63, 3.8) is 0 Å². The highest BCUT2D eigenvalue weighted by molar-refractivity contribution is 7.09. The smallest absolute Gasteiger partial charge is 0.205 e. The van der Waals surface area contributed by atoms with Crippen LogP contribution in [-0.2, 0) is 0 Å². The highest BCUT2D eigenvalue weighted by Gasteiger charge is 2.24. The van der Waals surface area contributed by atoms with Crippen LogP contribution in [0.15, 0.2) is 0 Å². The van der Waals surface area contributed by atoms with Gasteiger partial charge in [0.25, 0.3) is 0 Å². The molecule has 1 saturated carbocycles. The molecule has 0 aliphatic heterocycles. The van der Waals surface area contributed by atoms with Crippen LogP contribution in [-0.4, -0.2) is 35.5 Å². The average Bonchev–Trinajstić information content (AvgIpc) is 2.75. The molecule has 0 unspecified atom stereocenters. The number of anilines is 1. The largest absolute Gasteiger partial charge is 0.347 e. The summed E-state index contributed by atoms with van der Waals surface area (Å²) in [5.74, 6) is 0.885. The Hall–Kier alpha value is -0.680. The highest BCUT2D eigenvalue weighted by Crippen LogP contribution is 2.27. The van der Waals surface area contributed by atoms with E-state index < -0.39 is 0 Å². The van der Waals surface area contributed by atoms with Gasteiger partial charge in [-0.15, -0.1) is 0 Å². The zero-order valence-electron chi connectivity index (χ0n) is 10.2. The maximum absolute atomic E-state index is 4.44. The van der Waals surface area contributed by atoms with Gasteiger partial charge in [0.1, 0.15) is 5.82 Å². The molecule has 4 nitrogen and oxygen atoms in total. The van der Waals surface area contributed by atoms with E-state index in [0.717, 1.165) is 11.0 Å². The zero-order valence-corrected chi connectivity index (χ0v) is 11.0. The van der Waals surface area contributed by atoms with Crippen molar-refractivity contribution in [3.8, 4) is 0 Å². The van der Waals surface area contributed by atoms with Crippen molar-refractivity contribution in [2.24, 2.45) is 0 Å². The van der Waals surface area contributed by atoms with Crippen molar-refractivity contribution in [1.29, 1.82) is 0 Å². The van der Waals surface area contributed by atoms with Crippen molar-refractivity contribution < 1.29 is 0 Å². The summed E-state index contributed by atoms with van der Waals surface area (Å²) in [7, 11) is 4.20. The van der Waals surface area contributed by atoms with E-state index in [2.05, 4.69) is 33.7 Å². The van der Waals surface area contributed by atoms with Gasteiger partial charge in [-0.2, -0.15) is 4.37 Å². The second-order valence-corrected chi connectivity index (χ2v) is 5.26. The van der Waals surface area contributed by atoms with Gasteiger partial charge >= 0.3 is 0 Å². The molecule has 2 rings (SSSR count). The molecule has 0 radical (unpaired) electrons. The normalized spacial score (nSPS) is 25.7. The third-order valence-corrected chi connectivity index (χ3v) is 4.37. The molecule has 0 bridgehead atoms. The standard InChI is InChI=1S/C11H20N4S/c1-8-13-11(16-14-8)15(3)10-6-4-9(12-2)5-7-10/h9-10,12H,4-7H2,1-3H3. The minimum Gasteiger partial charge on any atom is -0.347 e. The van der Waals surface area contributed by atoms with E-state index in [1.54, 1.807) is 0 Å². The fourth-order valence-electron chi connectivity index (χ4n) is 2.34. The van der Waals surface area contributed by atoms with Gasteiger partial charge in [0.05, 0.1) is 0 Å². The Kier molecular flexibility index (Phi) is 3.76. The fraction of sp³-hybridized carbons (Fsp3) is 0.818. The summed E-state index contributed by atoms with van der Waals surface area (Å²) in [5.41, 5.74) is 0. The average molecular weight is 240 g/mol. The highest BCUT2D eigenvalue weighted by atomic mass is 32.1. The maximum Gasteiger partial charge on any atom is 0.205 e. The number of aryl methyl sites for hydroxylation is 1. The number of hydrogen-bond acceptors (Lipinski definition) is 5. The molecule has 0 amide bonds. The van der Waals surface area contributed by atoms with E-state index in [1.165, 1.54) is 37.2 Å². The molecule has 0 spiro atoms. The van der Waals surface area contributed by atoms with E-state index in [1.807, 2.05) is 6.92 Å². The lowest BCUT2D eigenvalue weighted by atomic mass is 9.91. The lowest BCUT2D eigenvalue weighted by Gasteiger charge is -2.34. The number of hydrogen-bond donors (Lipinski definition) is 1. The first-order valence-corrected chi connectivity index (χ1v) is 6.68. The number of nitrogens with one attached hydrogen (secondary N) is 1. The van der Waals surface area contributed by atoms with Crippen molar-refractivity contribution in [1.82, 2.24) is 14.7 Å². The van der Waals surface area contributed by atoms with Crippen molar-refractivity contribution in [3.05, 3.63) is 5.82 Å². The monoisotopic (exact) mass is 240 g/mol. The van der Waals surface area contributed by atoms with Gasteiger partial charge in [-0.25, -0.2) is 4.98 Å². The van der Waals surface area contributed by atoms with Crippen LogP contribution in [0.2, 0.25) is 0 Å². The van der Waals surface area contributed by atoms with Crippen LogP contribution in [0.4, 0.5) is 5.13 Å². The Bertz CT molecular complexity index is 330. The van der Waals surface area contributed by atoms with Gasteiger partial charge in [0.15, 0.2) is 0 Å². The molecule has 90 valence electrons. The molecule has 1 heterocycles. The zero-order chi connectivity index (χ0) is 11.5. The summed E-state index contributed by atoms with van der Waals surface area (Å²) >= 11 is 1.51. The minimum absolute atomic E-state index is 0.636. The molecule has 1 aliphatic carbocycles. The van der Waals surface area contributed by atoms with Crippen molar-refractivity contribution in [2.45, 2.75) is 44.7 Å². The Labute approximate surface area is 101 Å². The lowest BCUT2D eigenvalue weighted by molar-refractivity contribution is 0.351. The Morgan fingerprint density at radius 3 is 2.50 bits per heavy atom. The Morgan fingerprint density at radius 1 is 1.31 bits per heavy atom. The third kappa shape index (κ3) is 2.52. The molecular formula is C11H20N4S. The topological polar surface area (TPSA) is 41.0 Å². The van der Waals surface area contributed by atoms with Crippen LogP contribution in [0.5, 0.6) is 0 Å². The molecule has 0 saturated heterocycles. The van der Waals surface area contributed by atoms with E-state index in [4.69, 9.17) is 0 Å². The Balaban J connectivity index is 1.93. The van der Waals surface area contributed by atoms with Gasteiger partial charge in [-0.1, -0.05) is 0 Å². The first kappa shape index (κ1) is 11.8. The summed E-state index contributed by atoms with van der Waals surface area (Å²) in [6.07, 6.45) is 5.04. The Morgan fingerprint density at radius 2 is 2.00 bits per heavy atom. The molecule has 1 N–H and O–H groups in total. The van der Waals surface area contributed by atoms with E-state index >= 15 is 0 Å². The van der Waals surface area contributed by atoms with Gasteiger partial charge in [-0.3, -0.25) is 0 Å². The molecule has 1 aliphatic rings. The van der Waals surface area contributed by atoms with Crippen LogP contribution in [0, 0.1) is 6.92 Å². The summed E-state index contributed by atoms with van der Waals surface area (Å²) in [4.78, 5) is 6.74. The fourth-order valence-corrected chi connectivity index (χ4v) is 3.04. The lowest BCUT2D eigenvalue weighted by Crippen LogP contribution is -2.39. The molecule has 5 heteroatoms. The molecular weight excluding hydrogens is 220 g/mol. The summed E-state index contributed by atoms with van der Waals surface area (Å²) in [5, 5.41) is 4.42. The quantitative estimate of drug-likeness (QED) is 0.875. The molecule has 1 aromatic rings. The van der Waals surface area contributed by atoms with Gasteiger partial charge in [-0.05, 0) is 39.7 Å². The molecule has 0 atom stereocenters. The predicted molar refractivity (Wildman–Crippen MR) is 68.2 cm³/mol. The van der Waals surface area contributed by atoms with Crippen LogP contribution in [0.25, 0.3) is 0 Å². The van der Waals surface area contributed by atoms with E-state index in [0.29, 0.717) is 12.1 Å². The number of rotatable bonds is 3. The summed E-state index contributed by atoms with van der Waals surface area (Å²) in [6, 6.07) is 1.35. The second-order valence-electron chi connectivity index (χ2n) is 4.53. The van der Waals surface area contributed by atoms with Crippen molar-refractivity contribution >= 4 is 16.7 Å². The number of nitrogens with zero attached hydrogens (tertiary/aromatic N) is 3. The summed E-state index contributed by atoms with van der Waals surface area (Å²) < 4.78 is 4.24. The number of aromatic nitrogens is 2. The van der Waals surface area contributed by atoms with Crippen LogP contribution in [0.1, 0.15) is 31.5 Å². The van der Waals surface area contributed by atoms with Gasteiger partial charge < -0.3 is 10.2 Å². The van der Waals surface area contributed by atoms with Gasteiger partial charge in [0.2, 0.25) is 5.13 Å². The van der Waals surface area contributed by atoms with Gasteiger partial charge in [0, 0.05) is 30.7 Å². The first-order chi connectivity index (χ1) is 7.70. The second kappa shape index (κ2) is 5.10. The van der Waals surface area contributed by atoms with Crippen LogP contribution >= 0.6 is 11.5 Å². The van der Waals surface area contributed by atoms with Crippen molar-refractivity contribution in [2.75, 3.05) is 19.0 Å². The molecule has 1 fully saturated rings. The summed E-state index contributed by atoms with van der Waals surface area (Å²) in [6.45, 7) is 1.95. The third-order valence-electron chi connectivity index (χ3n) is 3.47. The molecule has 1 aromatic heterocycles. The van der Waals surface area contributed by atoms with Crippen LogP contribution < -0.4 is 10.2 Å². The predicted octanol–water partition coefficient (Wildman–Crippen LogP) is 1.81. The van der Waals surface area contributed by atoms with Crippen LogP contribution in [0.3, 0.4) is 0 Å². The van der Waals surface area contributed by atoms with E-state index in [-0.39, 0.29) is 0 Å².